The zero-order valence-corrected chi connectivity index (χ0v) is 33.3. The molecule has 0 N–H and O–H groups in total. The van der Waals surface area contributed by atoms with E-state index in [1.165, 1.54) is 59.3 Å². The third-order valence-corrected chi connectivity index (χ3v) is 10.1. The monoisotopic (exact) mass is 967 g/mol. The van der Waals surface area contributed by atoms with E-state index in [1.807, 2.05) is 0 Å². The molecule has 3 fully saturated rings. The Kier molecular flexibility index (Phi) is 14.8. The normalized spacial score (nSPS) is 23.5. The molecule has 1 unspecified atom stereocenters. The van der Waals surface area contributed by atoms with E-state index in [0.29, 0.717) is 23.0 Å². The average Bonchev–Trinajstić information content (AvgIpc) is 3.82. The van der Waals surface area contributed by atoms with Crippen molar-refractivity contribution in [3.05, 3.63) is 91.0 Å². The van der Waals surface area contributed by atoms with Gasteiger partial charge in [0.05, 0.1) is 0 Å². The van der Waals surface area contributed by atoms with Crippen molar-refractivity contribution < 1.29 is 85.3 Å². The van der Waals surface area contributed by atoms with Crippen molar-refractivity contribution in [2.24, 2.45) is 5.92 Å². The van der Waals surface area contributed by atoms with Gasteiger partial charge < -0.3 is 29.9 Å². The van der Waals surface area contributed by atoms with Gasteiger partial charge in [-0.3, -0.25) is 19.2 Å². The van der Waals surface area contributed by atoms with Crippen LogP contribution in [0.2, 0.25) is 0 Å². The summed E-state index contributed by atoms with van der Waals surface area (Å²) >= 11 is 0. The topological polar surface area (TPSA) is 162 Å². The summed E-state index contributed by atoms with van der Waals surface area (Å²) in [5.41, 5.74) is -2.04. The van der Waals surface area contributed by atoms with E-state index < -0.39 is 39.5 Å². The fraction of sp³-hybridized carbons (Fsp3) is 0.410. The molecule has 2 aromatic carbocycles. The Bertz CT molecular complexity index is 1750. The standard InChI is InChI=1S/C30H27O8.C8H12.CHF3O3S.Pt/c1-13(31)35-23-5-7-25(37-15(3)33)29-21-11-17(27(23)29)9-19(21)20-10-18-12-22(20)30-26(38-16(4)34)8-6-24(28(18)30)36-14(2)32;1-2-4-6-8-7-5-3-1;2-1(3,4)8(5,6)7;/h5-10,17-19,21-22H,11-12H2,1-4H3;1-2,7-8H,3-6H2;(H,5,6,7);/q-1;;;+2/p-1/t17-,18+,19?,21-,22+;;;/m0.../s1. The van der Waals surface area contributed by atoms with Crippen LogP contribution < -0.4 is 18.9 Å². The molecule has 0 aromatic heterocycles. The number of fused-ring (bicyclic) bond motifs is 10. The smallest absolute Gasteiger partial charge is 0.741 e. The molecular weight excluding hydrogens is 929 g/mol. The van der Waals surface area contributed by atoms with Crippen molar-refractivity contribution in [2.45, 2.75) is 95.4 Å². The molecule has 0 heterocycles. The number of hydrogen-bond donors (Lipinski definition) is 0. The van der Waals surface area contributed by atoms with Crippen LogP contribution in [0.25, 0.3) is 0 Å². The molecule has 16 heteroatoms. The predicted molar refractivity (Wildman–Crippen MR) is 185 cm³/mol. The third kappa shape index (κ3) is 10.4. The molecule has 4 bridgehead atoms. The Morgan fingerprint density at radius 2 is 1.05 bits per heavy atom. The number of carbonyl (C=O) groups excluding carboxylic acids is 4. The molecule has 2 aromatic rings. The molecule has 3 saturated carbocycles. The summed E-state index contributed by atoms with van der Waals surface area (Å²) in [6.45, 7) is 5.48. The first-order valence-electron chi connectivity index (χ1n) is 17.3. The number of benzene rings is 2. The van der Waals surface area contributed by atoms with Gasteiger partial charge in [-0.25, -0.2) is 8.42 Å². The Hall–Kier alpha value is -3.29. The molecule has 0 spiro atoms. The number of ether oxygens (including phenoxy) is 4. The number of alkyl halides is 3. The molecule has 0 aliphatic heterocycles. The summed E-state index contributed by atoms with van der Waals surface area (Å²) in [7, 11) is -6.09. The molecule has 5 atom stereocenters. The van der Waals surface area contributed by atoms with Gasteiger partial charge in [-0.15, -0.1) is 5.92 Å². The summed E-state index contributed by atoms with van der Waals surface area (Å²) in [6.07, 6.45) is 20.2. The molecule has 7 rings (SSSR count). The average molecular weight is 968 g/mol. The number of rotatable bonds is 5. The van der Waals surface area contributed by atoms with Gasteiger partial charge in [0, 0.05) is 44.4 Å². The second-order valence-electron chi connectivity index (χ2n) is 13.4. The summed E-state index contributed by atoms with van der Waals surface area (Å²) < 4.78 is 81.1. The summed E-state index contributed by atoms with van der Waals surface area (Å²) in [5.74, 6) is 1.77. The maximum atomic E-state index is 11.9. The number of carbonyl (C=O) groups is 4. The zero-order chi connectivity index (χ0) is 39.5. The molecular formula is C39H39F3O11PtS. The second-order valence-corrected chi connectivity index (χ2v) is 14.7. The van der Waals surface area contributed by atoms with E-state index in [1.54, 1.807) is 24.3 Å². The van der Waals surface area contributed by atoms with Gasteiger partial charge in [-0.05, 0) is 118 Å². The minimum absolute atomic E-state index is 0. The van der Waals surface area contributed by atoms with E-state index >= 15 is 0 Å². The maximum absolute atomic E-state index is 11.9. The number of hydrogen-bond acceptors (Lipinski definition) is 11. The predicted octanol–water partition coefficient (Wildman–Crippen LogP) is 7.28. The van der Waals surface area contributed by atoms with Gasteiger partial charge in [0.15, 0.2) is 10.1 Å². The van der Waals surface area contributed by atoms with Gasteiger partial charge in [-0.2, -0.15) is 19.1 Å². The number of esters is 4. The van der Waals surface area contributed by atoms with E-state index in [9.17, 15) is 32.3 Å². The van der Waals surface area contributed by atoms with Crippen LogP contribution in [0.3, 0.4) is 0 Å². The molecule has 0 saturated heterocycles. The van der Waals surface area contributed by atoms with Crippen LogP contribution in [0.4, 0.5) is 13.2 Å². The fourth-order valence-corrected chi connectivity index (χ4v) is 7.90. The van der Waals surface area contributed by atoms with Crippen molar-refractivity contribution in [3.63, 3.8) is 0 Å². The van der Waals surface area contributed by atoms with Crippen molar-refractivity contribution in [1.29, 1.82) is 0 Å². The number of halogens is 3. The van der Waals surface area contributed by atoms with Crippen LogP contribution in [0, 0.1) is 50.4 Å². The van der Waals surface area contributed by atoms with Crippen LogP contribution >= 0.6 is 0 Å². The van der Waals surface area contributed by atoms with Crippen LogP contribution in [0.15, 0.2) is 24.3 Å². The Labute approximate surface area is 333 Å². The fourth-order valence-electron chi connectivity index (χ4n) is 7.90. The minimum atomic E-state index is -6.09. The maximum Gasteiger partial charge on any atom is 2.00 e. The Morgan fingerprint density at radius 1 is 0.673 bits per heavy atom. The molecule has 0 amide bonds. The third-order valence-electron chi connectivity index (χ3n) is 9.56. The van der Waals surface area contributed by atoms with Crippen molar-refractivity contribution in [1.82, 2.24) is 0 Å². The van der Waals surface area contributed by atoms with Gasteiger partial charge in [0.2, 0.25) is 0 Å². The van der Waals surface area contributed by atoms with E-state index in [0.717, 1.165) is 35.1 Å². The summed E-state index contributed by atoms with van der Waals surface area (Å²) in [6, 6.07) is 6.78. The minimum Gasteiger partial charge on any atom is -0.741 e. The first-order chi connectivity index (χ1) is 25.4. The second kappa shape index (κ2) is 18.3. The SMILES string of the molecule is CC(=O)Oc1ccc(OC(C)=O)c2c1[C@@H]1[CH][C](C3[CH-][C@H]4C[C@@H]3c3c(OC(C)=O)ccc(OC(C)=O)c34)[C@H]2C1.O=S(=O)([O-])C(F)(F)F.[CH]1[CH]CC[CH][CH]CC1.[Pt+2]. The van der Waals surface area contributed by atoms with Crippen LogP contribution in [-0.2, 0) is 50.4 Å². The van der Waals surface area contributed by atoms with E-state index in [4.69, 9.17) is 31.9 Å². The Balaban J connectivity index is 0.000000330. The van der Waals surface area contributed by atoms with Crippen molar-refractivity contribution in [3.8, 4) is 23.0 Å². The quantitative estimate of drug-likeness (QED) is 0.0974. The molecule has 55 heavy (non-hydrogen) atoms. The molecule has 5 aliphatic rings. The molecule has 5 aliphatic carbocycles. The van der Waals surface area contributed by atoms with Crippen LogP contribution in [0.1, 0.15) is 112 Å². The molecule has 6 radical (unpaired) electrons. The van der Waals surface area contributed by atoms with Gasteiger partial charge in [0.25, 0.3) is 0 Å². The van der Waals surface area contributed by atoms with Crippen LogP contribution in [0.5, 0.6) is 23.0 Å². The summed E-state index contributed by atoms with van der Waals surface area (Å²) in [5, 5.41) is 0. The molecule has 11 nitrogen and oxygen atoms in total. The largest absolute Gasteiger partial charge is 2.00 e. The van der Waals surface area contributed by atoms with Crippen molar-refractivity contribution in [2.75, 3.05) is 0 Å². The van der Waals surface area contributed by atoms with Crippen LogP contribution in [-0.4, -0.2) is 42.4 Å². The Morgan fingerprint density at radius 3 is 1.45 bits per heavy atom. The van der Waals surface area contributed by atoms with Gasteiger partial charge >= 0.3 is 50.5 Å². The van der Waals surface area contributed by atoms with E-state index in [-0.39, 0.29) is 50.7 Å². The van der Waals surface area contributed by atoms with Gasteiger partial charge in [0.1, 0.15) is 23.0 Å². The van der Waals surface area contributed by atoms with E-state index in [2.05, 4.69) is 38.5 Å². The van der Waals surface area contributed by atoms with Crippen molar-refractivity contribution >= 4 is 34.0 Å². The van der Waals surface area contributed by atoms with Gasteiger partial charge in [-0.1, -0.05) is 6.42 Å². The zero-order valence-electron chi connectivity index (χ0n) is 30.3. The molecule has 298 valence electrons. The first-order valence-corrected chi connectivity index (χ1v) is 18.7. The first kappa shape index (κ1) is 44.4. The summed E-state index contributed by atoms with van der Waals surface area (Å²) in [4.78, 5) is 47.3.